The molecule has 4 heterocycles. The summed E-state index contributed by atoms with van der Waals surface area (Å²) in [6, 6.07) is 80.9. The van der Waals surface area contributed by atoms with Gasteiger partial charge in [-0.2, -0.15) is 0 Å². The molecule has 0 aliphatic carbocycles. The van der Waals surface area contributed by atoms with Crippen LogP contribution in [0.1, 0.15) is 22.6 Å². The first-order valence-corrected chi connectivity index (χ1v) is 21.6. The van der Waals surface area contributed by atoms with Crippen molar-refractivity contribution in [3.63, 3.8) is 0 Å². The van der Waals surface area contributed by atoms with Crippen molar-refractivity contribution >= 4 is 104 Å². The van der Waals surface area contributed by atoms with Crippen LogP contribution >= 0.6 is 0 Å². The zero-order chi connectivity index (χ0) is 40.5. The Hall–Kier alpha value is -8.14. The summed E-state index contributed by atoms with van der Waals surface area (Å²) >= 11 is 0. The molecule has 0 fully saturated rings. The number of anilines is 3. The van der Waals surface area contributed by atoms with Crippen molar-refractivity contribution in [2.75, 3.05) is 4.90 Å². The zero-order valence-electron chi connectivity index (χ0n) is 33.7. The Bertz CT molecular complexity index is 3670. The van der Waals surface area contributed by atoms with Gasteiger partial charge in [-0.25, -0.2) is 0 Å². The van der Waals surface area contributed by atoms with E-state index in [2.05, 4.69) is 232 Å². The first kappa shape index (κ1) is 33.7. The molecule has 0 saturated heterocycles. The number of rotatable bonds is 6. The molecule has 0 unspecified atom stereocenters. The predicted octanol–water partition coefficient (Wildman–Crippen LogP) is 15.8. The van der Waals surface area contributed by atoms with E-state index in [1.54, 1.807) is 0 Å². The van der Waals surface area contributed by atoms with E-state index in [-0.39, 0.29) is 5.92 Å². The van der Waals surface area contributed by atoms with Gasteiger partial charge in [0.05, 0.1) is 38.8 Å². The lowest BCUT2D eigenvalue weighted by Crippen LogP contribution is -2.11. The third-order valence-electron chi connectivity index (χ3n) is 13.6. The fourth-order valence-electron chi connectivity index (χ4n) is 11.3. The van der Waals surface area contributed by atoms with Gasteiger partial charge in [-0.3, -0.25) is 0 Å². The molecule has 0 bridgehead atoms. The maximum atomic E-state index is 2.60. The lowest BCUT2D eigenvalue weighted by atomic mass is 9.82. The molecule has 0 saturated carbocycles. The van der Waals surface area contributed by atoms with E-state index in [0.29, 0.717) is 0 Å². The van der Waals surface area contributed by atoms with Crippen molar-refractivity contribution in [1.82, 2.24) is 8.80 Å². The van der Waals surface area contributed by atoms with Crippen molar-refractivity contribution in [3.05, 3.63) is 235 Å². The summed E-state index contributed by atoms with van der Waals surface area (Å²) < 4.78 is 5.17. The first-order valence-electron chi connectivity index (χ1n) is 21.6. The Morgan fingerprint density at radius 1 is 0.306 bits per heavy atom. The van der Waals surface area contributed by atoms with Crippen LogP contribution in [0.4, 0.5) is 17.1 Å². The number of nitrogens with zero attached hydrogens (tertiary/aromatic N) is 3. The summed E-state index contributed by atoms with van der Waals surface area (Å²) in [4.78, 5) is 2.48. The Morgan fingerprint density at radius 2 is 0.710 bits per heavy atom. The third-order valence-corrected chi connectivity index (χ3v) is 13.6. The van der Waals surface area contributed by atoms with E-state index in [1.165, 1.54) is 104 Å². The van der Waals surface area contributed by atoms with Crippen LogP contribution in [0.2, 0.25) is 0 Å². The highest BCUT2D eigenvalue weighted by molar-refractivity contribution is 6.37. The molecule has 62 heavy (non-hydrogen) atoms. The van der Waals surface area contributed by atoms with Crippen LogP contribution in [0.15, 0.2) is 218 Å². The monoisotopic (exact) mass is 787 g/mol. The van der Waals surface area contributed by atoms with Gasteiger partial charge in [-0.05, 0) is 76.0 Å². The zero-order valence-corrected chi connectivity index (χ0v) is 33.7. The number of hydrogen-bond acceptors (Lipinski definition) is 1. The van der Waals surface area contributed by atoms with Crippen molar-refractivity contribution in [2.45, 2.75) is 5.92 Å². The van der Waals surface area contributed by atoms with E-state index in [4.69, 9.17) is 0 Å². The molecule has 10 aromatic carbocycles. The molecular formula is C59H37N3. The summed E-state index contributed by atoms with van der Waals surface area (Å²) in [5, 5.41) is 12.7. The molecule has 14 rings (SSSR count). The van der Waals surface area contributed by atoms with Crippen molar-refractivity contribution in [1.29, 1.82) is 0 Å². The fraction of sp³-hybridized carbons (Fsp3) is 0.0169. The average molecular weight is 788 g/mol. The minimum atomic E-state index is -0.0292. The molecule has 0 aliphatic rings. The van der Waals surface area contributed by atoms with E-state index >= 15 is 0 Å². The Kier molecular flexibility index (Phi) is 6.89. The average Bonchev–Trinajstić information content (AvgIpc) is 4.08. The maximum absolute atomic E-state index is 2.60. The van der Waals surface area contributed by atoms with Gasteiger partial charge in [-0.1, -0.05) is 170 Å². The normalized spacial score (nSPS) is 12.3. The van der Waals surface area contributed by atoms with E-state index in [0.717, 1.165) is 17.1 Å². The van der Waals surface area contributed by atoms with Gasteiger partial charge in [0.2, 0.25) is 0 Å². The molecule has 0 spiro atoms. The quantitative estimate of drug-likeness (QED) is 0.153. The topological polar surface area (TPSA) is 12.1 Å². The van der Waals surface area contributed by atoms with Crippen LogP contribution in [0.5, 0.6) is 0 Å². The minimum absolute atomic E-state index is 0.0292. The molecule has 0 amide bonds. The largest absolute Gasteiger partial charge is 0.308 e. The molecule has 0 atom stereocenters. The van der Waals surface area contributed by atoms with Crippen LogP contribution in [-0.2, 0) is 0 Å². The molecule has 3 heteroatoms. The number of aromatic nitrogens is 2. The van der Waals surface area contributed by atoms with Crippen LogP contribution in [0.25, 0.3) is 87.0 Å². The third kappa shape index (κ3) is 4.44. The second-order valence-corrected chi connectivity index (χ2v) is 16.8. The van der Waals surface area contributed by atoms with Crippen LogP contribution < -0.4 is 4.90 Å². The first-order chi connectivity index (χ1) is 30.8. The number of hydrogen-bond donors (Lipinski definition) is 0. The summed E-state index contributed by atoms with van der Waals surface area (Å²) in [6.07, 6.45) is 0. The summed E-state index contributed by atoms with van der Waals surface area (Å²) in [7, 11) is 0. The van der Waals surface area contributed by atoms with Gasteiger partial charge < -0.3 is 13.7 Å². The summed E-state index contributed by atoms with van der Waals surface area (Å²) in [5.41, 5.74) is 14.7. The molecular weight excluding hydrogens is 751 g/mol. The van der Waals surface area contributed by atoms with Gasteiger partial charge in [0.15, 0.2) is 0 Å². The molecule has 0 aliphatic heterocycles. The van der Waals surface area contributed by atoms with E-state index in [9.17, 15) is 0 Å². The van der Waals surface area contributed by atoms with Crippen LogP contribution in [0, 0.1) is 0 Å². The highest BCUT2D eigenvalue weighted by atomic mass is 15.2. The number of benzene rings is 10. The molecule has 288 valence electrons. The lowest BCUT2D eigenvalue weighted by Gasteiger charge is -2.27. The smallest absolute Gasteiger partial charge is 0.0789 e. The second-order valence-electron chi connectivity index (χ2n) is 16.8. The number of para-hydroxylation sites is 6. The van der Waals surface area contributed by atoms with Crippen LogP contribution in [-0.4, -0.2) is 8.80 Å². The molecule has 14 aromatic rings. The number of fused-ring (bicyclic) bond motifs is 15. The molecule has 0 radical (unpaired) electrons. The van der Waals surface area contributed by atoms with Crippen LogP contribution in [0.3, 0.4) is 0 Å². The molecule has 0 N–H and O–H groups in total. The second kappa shape index (κ2) is 12.7. The standard InChI is InChI=1S/C59H37N3/c1-5-19-37(20-6-1)53(38-21-7-2-8-22-38)49-35-47-48(54-45-31-17-29-43-41-27-13-15-33-50(41)61(56(43)45)58(49)54)36-52(60(39-23-9-3-10-24-39)40-25-11-4-12-26-40)59-55(47)46-32-18-30-44-42-28-14-16-34-51(42)62(59)57(44)46/h1-36,53H. The Labute approximate surface area is 357 Å². The van der Waals surface area contributed by atoms with E-state index in [1.807, 2.05) is 0 Å². The lowest BCUT2D eigenvalue weighted by molar-refractivity contribution is 0.985. The van der Waals surface area contributed by atoms with Crippen molar-refractivity contribution in [3.8, 4) is 0 Å². The summed E-state index contributed by atoms with van der Waals surface area (Å²) in [6.45, 7) is 0. The van der Waals surface area contributed by atoms with E-state index < -0.39 is 0 Å². The fourth-order valence-corrected chi connectivity index (χ4v) is 11.3. The SMILES string of the molecule is c1ccc(C(c2ccccc2)c2cc3c(cc(N(c4ccccc4)c4ccccc4)c4c3c3cccc5c6ccccc6n4c53)c3c4cccc5c6ccccc6n(c23)c54)cc1. The predicted molar refractivity (Wildman–Crippen MR) is 262 cm³/mol. The van der Waals surface area contributed by atoms with Gasteiger partial charge in [-0.15, -0.1) is 0 Å². The van der Waals surface area contributed by atoms with Gasteiger partial charge >= 0.3 is 0 Å². The van der Waals surface area contributed by atoms with Crippen molar-refractivity contribution < 1.29 is 0 Å². The molecule has 3 nitrogen and oxygen atoms in total. The van der Waals surface area contributed by atoms with Gasteiger partial charge in [0.1, 0.15) is 0 Å². The minimum Gasteiger partial charge on any atom is -0.308 e. The van der Waals surface area contributed by atoms with Gasteiger partial charge in [0.25, 0.3) is 0 Å². The highest BCUT2D eigenvalue weighted by Gasteiger charge is 2.31. The Balaban J connectivity index is 1.28. The van der Waals surface area contributed by atoms with Crippen molar-refractivity contribution in [2.24, 2.45) is 0 Å². The van der Waals surface area contributed by atoms with Gasteiger partial charge in [0, 0.05) is 60.4 Å². The highest BCUT2D eigenvalue weighted by Crippen LogP contribution is 2.53. The maximum Gasteiger partial charge on any atom is 0.0789 e. The summed E-state index contributed by atoms with van der Waals surface area (Å²) in [5.74, 6) is -0.0292. The molecule has 4 aromatic heterocycles. The Morgan fingerprint density at radius 3 is 1.24 bits per heavy atom.